The number of thioether (sulfide) groups is 1. The average molecular weight is 496 g/mol. The molecule has 0 aromatic heterocycles. The Morgan fingerprint density at radius 2 is 1.79 bits per heavy atom. The number of urea groups is 1. The zero-order valence-electron chi connectivity index (χ0n) is 18.7. The van der Waals surface area contributed by atoms with Gasteiger partial charge in [0.2, 0.25) is 0 Å². The maximum Gasteiger partial charge on any atom is 0.323 e. The predicted octanol–water partition coefficient (Wildman–Crippen LogP) is 6.24. The van der Waals surface area contributed by atoms with Crippen LogP contribution in [0.1, 0.15) is 25.0 Å². The fourth-order valence-corrected chi connectivity index (χ4v) is 6.52. The highest BCUT2D eigenvalue weighted by atomic mass is 35.5. The molecule has 3 amide bonds. The van der Waals surface area contributed by atoms with Gasteiger partial charge in [0.25, 0.3) is 5.91 Å². The maximum atomic E-state index is 14.2. The van der Waals surface area contributed by atoms with Crippen LogP contribution in [0, 0.1) is 5.82 Å². The van der Waals surface area contributed by atoms with Crippen LogP contribution in [0.3, 0.4) is 0 Å². The van der Waals surface area contributed by atoms with Crippen LogP contribution in [0.4, 0.5) is 20.6 Å². The van der Waals surface area contributed by atoms with E-state index in [9.17, 15) is 14.0 Å². The first-order chi connectivity index (χ1) is 16.2. The number of hydrogen-bond donors (Lipinski definition) is 1. The average Bonchev–Trinajstić information content (AvgIpc) is 3.22. The van der Waals surface area contributed by atoms with Gasteiger partial charge in [-0.1, -0.05) is 41.9 Å². The van der Waals surface area contributed by atoms with Gasteiger partial charge < -0.3 is 10.2 Å². The van der Waals surface area contributed by atoms with E-state index in [2.05, 4.69) is 5.32 Å². The predicted molar refractivity (Wildman–Crippen MR) is 135 cm³/mol. The summed E-state index contributed by atoms with van der Waals surface area (Å²) in [6.07, 6.45) is 0. The lowest BCUT2D eigenvalue weighted by Crippen LogP contribution is -2.51. The second-order valence-corrected chi connectivity index (χ2v) is 11.4. The highest BCUT2D eigenvalue weighted by Gasteiger charge is 2.63. The quantitative estimate of drug-likeness (QED) is 0.468. The molecular formula is C26H23ClFN3O2S. The molecule has 2 heterocycles. The summed E-state index contributed by atoms with van der Waals surface area (Å²) >= 11 is 7.85. The van der Waals surface area contributed by atoms with Crippen molar-refractivity contribution >= 4 is 46.7 Å². The van der Waals surface area contributed by atoms with Gasteiger partial charge in [-0.25, -0.2) is 9.18 Å². The van der Waals surface area contributed by atoms with Gasteiger partial charge in [0.1, 0.15) is 5.82 Å². The zero-order valence-corrected chi connectivity index (χ0v) is 20.3. The minimum Gasteiger partial charge on any atom is -0.308 e. The number of nitrogens with zero attached hydrogens (tertiary/aromatic N) is 2. The van der Waals surface area contributed by atoms with Gasteiger partial charge in [-0.05, 0) is 61.9 Å². The number of hydrogen-bond acceptors (Lipinski definition) is 3. The Kier molecular flexibility index (Phi) is 5.57. The second-order valence-electron chi connectivity index (χ2n) is 9.07. The number of halogens is 2. The first kappa shape index (κ1) is 22.7. The summed E-state index contributed by atoms with van der Waals surface area (Å²) in [5, 5.41) is 3.33. The number of nitrogens with one attached hydrogen (secondary N) is 1. The minimum atomic E-state index is -1.26. The molecule has 0 bridgehead atoms. The molecule has 0 radical (unpaired) electrons. The van der Waals surface area contributed by atoms with E-state index in [4.69, 9.17) is 11.6 Å². The number of rotatable bonds is 3. The Balaban J connectivity index is 1.58. The van der Waals surface area contributed by atoms with Crippen molar-refractivity contribution in [2.75, 3.05) is 16.8 Å². The molecule has 5 nitrogen and oxygen atoms in total. The summed E-state index contributed by atoms with van der Waals surface area (Å²) in [7, 11) is 0. The lowest BCUT2D eigenvalue weighted by Gasteiger charge is -2.33. The van der Waals surface area contributed by atoms with Crippen molar-refractivity contribution in [3.05, 3.63) is 94.8 Å². The van der Waals surface area contributed by atoms with E-state index in [1.54, 1.807) is 21.9 Å². The van der Waals surface area contributed by atoms with Gasteiger partial charge in [-0.15, -0.1) is 11.8 Å². The van der Waals surface area contributed by atoms with Crippen molar-refractivity contribution in [2.24, 2.45) is 0 Å². The molecule has 1 spiro atoms. The van der Waals surface area contributed by atoms with E-state index in [0.29, 0.717) is 29.4 Å². The van der Waals surface area contributed by atoms with E-state index >= 15 is 0 Å². The van der Waals surface area contributed by atoms with E-state index in [1.165, 1.54) is 36.0 Å². The number of benzene rings is 3. The molecule has 1 saturated heterocycles. The van der Waals surface area contributed by atoms with Crippen LogP contribution in [0.15, 0.2) is 72.8 Å². The molecular weight excluding hydrogens is 473 g/mol. The van der Waals surface area contributed by atoms with Crippen LogP contribution in [-0.4, -0.2) is 28.1 Å². The van der Waals surface area contributed by atoms with Crippen LogP contribution in [0.2, 0.25) is 5.02 Å². The third-order valence-corrected chi connectivity index (χ3v) is 7.84. The van der Waals surface area contributed by atoms with E-state index < -0.39 is 21.5 Å². The molecule has 0 saturated carbocycles. The lowest BCUT2D eigenvalue weighted by atomic mass is 10.0. The second kappa shape index (κ2) is 8.32. The topological polar surface area (TPSA) is 52.7 Å². The molecule has 0 aliphatic carbocycles. The van der Waals surface area contributed by atoms with Gasteiger partial charge in [-0.3, -0.25) is 9.69 Å². The Hall–Kier alpha value is -3.03. The van der Waals surface area contributed by atoms with E-state index in [-0.39, 0.29) is 5.91 Å². The number of carbonyl (C=O) groups is 2. The molecule has 34 heavy (non-hydrogen) atoms. The fraction of sp³-hybridized carbons (Fsp3) is 0.231. The minimum absolute atomic E-state index is 0.182. The molecule has 174 valence electrons. The molecule has 5 rings (SSSR count). The smallest absolute Gasteiger partial charge is 0.308 e. The third kappa shape index (κ3) is 3.83. The van der Waals surface area contributed by atoms with Gasteiger partial charge in [0, 0.05) is 27.6 Å². The molecule has 3 aromatic rings. The molecule has 2 aliphatic rings. The summed E-state index contributed by atoms with van der Waals surface area (Å²) in [5.74, 6) is -0.572. The van der Waals surface area contributed by atoms with Crippen molar-refractivity contribution < 1.29 is 14.0 Å². The van der Waals surface area contributed by atoms with Crippen molar-refractivity contribution in [1.82, 2.24) is 4.90 Å². The van der Waals surface area contributed by atoms with Crippen LogP contribution in [-0.2, 0) is 16.2 Å². The highest BCUT2D eigenvalue weighted by molar-refractivity contribution is 8.02. The lowest BCUT2D eigenvalue weighted by molar-refractivity contribution is -0.123. The standard InChI is InChI=1S/C26H23ClFN3O2S/c1-25(2)16-31(24(33)29-20-11-9-19(28)10-12-20)26(34-25)21-14-18(27)8-13-22(21)30(23(26)32)15-17-6-4-3-5-7-17/h3-14H,15-16H2,1-2H3,(H,29,33)/t26-/m0/s1. The van der Waals surface area contributed by atoms with Gasteiger partial charge >= 0.3 is 6.03 Å². The van der Waals surface area contributed by atoms with Crippen LogP contribution < -0.4 is 10.2 Å². The molecule has 1 N–H and O–H groups in total. The Morgan fingerprint density at radius 3 is 2.50 bits per heavy atom. The first-order valence-corrected chi connectivity index (χ1v) is 12.1. The molecule has 0 unspecified atom stereocenters. The van der Waals surface area contributed by atoms with E-state index in [1.807, 2.05) is 50.2 Å². The van der Waals surface area contributed by atoms with Crippen molar-refractivity contribution in [1.29, 1.82) is 0 Å². The summed E-state index contributed by atoms with van der Waals surface area (Å²) in [6.45, 7) is 4.76. The first-order valence-electron chi connectivity index (χ1n) is 10.9. The molecule has 2 aliphatic heterocycles. The summed E-state index contributed by atoms with van der Waals surface area (Å²) in [5.41, 5.74) is 2.88. The molecule has 3 aromatic carbocycles. The number of fused-ring (bicyclic) bond motifs is 2. The third-order valence-electron chi connectivity index (χ3n) is 6.02. The Morgan fingerprint density at radius 1 is 1.09 bits per heavy atom. The summed E-state index contributed by atoms with van der Waals surface area (Å²) in [6, 6.07) is 20.3. The fourth-order valence-electron chi connectivity index (χ4n) is 4.62. The Labute approximate surface area is 206 Å². The normalized spacial score (nSPS) is 20.6. The van der Waals surface area contributed by atoms with Crippen molar-refractivity contribution in [3.63, 3.8) is 0 Å². The van der Waals surface area contributed by atoms with Gasteiger partial charge in [0.05, 0.1) is 12.2 Å². The molecule has 1 fully saturated rings. The Bertz CT molecular complexity index is 1270. The number of carbonyl (C=O) groups excluding carboxylic acids is 2. The van der Waals surface area contributed by atoms with Crippen LogP contribution in [0.25, 0.3) is 0 Å². The SMILES string of the molecule is CC1(C)CN(C(=O)Nc2ccc(F)cc2)[C@@]2(S1)C(=O)N(Cc1ccccc1)c1ccc(Cl)cc12. The zero-order chi connectivity index (χ0) is 24.1. The molecule has 1 atom stereocenters. The van der Waals surface area contributed by atoms with Crippen LogP contribution in [0.5, 0.6) is 0 Å². The summed E-state index contributed by atoms with van der Waals surface area (Å²) in [4.78, 5) is 29.8. The largest absolute Gasteiger partial charge is 0.323 e. The summed E-state index contributed by atoms with van der Waals surface area (Å²) < 4.78 is 13.0. The van der Waals surface area contributed by atoms with Gasteiger partial charge in [-0.2, -0.15) is 0 Å². The van der Waals surface area contributed by atoms with E-state index in [0.717, 1.165) is 11.3 Å². The van der Waals surface area contributed by atoms with Gasteiger partial charge in [0.15, 0.2) is 4.87 Å². The maximum absolute atomic E-state index is 14.2. The number of amides is 3. The molecule has 8 heteroatoms. The number of anilines is 2. The monoisotopic (exact) mass is 495 g/mol. The van der Waals surface area contributed by atoms with Crippen molar-refractivity contribution in [3.8, 4) is 0 Å². The highest BCUT2D eigenvalue weighted by Crippen LogP contribution is 2.60. The van der Waals surface area contributed by atoms with Crippen LogP contribution >= 0.6 is 23.4 Å². The van der Waals surface area contributed by atoms with Crippen molar-refractivity contribution in [2.45, 2.75) is 30.0 Å².